The minimum Gasteiger partial charge on any atom is -0.478 e. The van der Waals surface area contributed by atoms with Crippen LogP contribution in [0.2, 0.25) is 0 Å². The van der Waals surface area contributed by atoms with Crippen LogP contribution in [0.5, 0.6) is 0 Å². The standard InChI is InChI=1S/C13H22N2O2/c1-10(15-7-8-15)9-12(11(2)13(16)17)3-4-14-5-6-14/h10H,3-9H2,1-2H3,(H,16,17). The van der Waals surface area contributed by atoms with Crippen molar-refractivity contribution in [3.63, 3.8) is 0 Å². The number of nitrogens with zero attached hydrogens (tertiary/aromatic N) is 2. The van der Waals surface area contributed by atoms with Crippen LogP contribution in [0.4, 0.5) is 0 Å². The molecule has 96 valence electrons. The molecule has 2 rings (SSSR count). The zero-order valence-electron chi connectivity index (χ0n) is 10.8. The third kappa shape index (κ3) is 3.82. The predicted octanol–water partition coefficient (Wildman–Crippen LogP) is 1.19. The van der Waals surface area contributed by atoms with Gasteiger partial charge in [0.1, 0.15) is 0 Å². The van der Waals surface area contributed by atoms with Crippen molar-refractivity contribution in [3.05, 3.63) is 11.1 Å². The number of hydrogen-bond acceptors (Lipinski definition) is 3. The molecule has 0 amide bonds. The molecule has 2 aliphatic heterocycles. The summed E-state index contributed by atoms with van der Waals surface area (Å²) in [7, 11) is 0. The number of rotatable bonds is 7. The van der Waals surface area contributed by atoms with Crippen LogP contribution in [0.15, 0.2) is 11.1 Å². The smallest absolute Gasteiger partial charge is 0.331 e. The highest BCUT2D eigenvalue weighted by Gasteiger charge is 2.26. The van der Waals surface area contributed by atoms with Crippen molar-refractivity contribution in [1.82, 2.24) is 9.80 Å². The van der Waals surface area contributed by atoms with Gasteiger partial charge in [-0.15, -0.1) is 0 Å². The van der Waals surface area contributed by atoms with Crippen LogP contribution in [-0.4, -0.2) is 59.6 Å². The highest BCUT2D eigenvalue weighted by atomic mass is 16.4. The van der Waals surface area contributed by atoms with Crippen molar-refractivity contribution in [2.45, 2.75) is 32.7 Å². The molecule has 0 aliphatic carbocycles. The Morgan fingerprint density at radius 1 is 1.29 bits per heavy atom. The number of aliphatic carboxylic acids is 1. The Morgan fingerprint density at radius 2 is 1.94 bits per heavy atom. The van der Waals surface area contributed by atoms with Gasteiger partial charge in [-0.05, 0) is 26.7 Å². The van der Waals surface area contributed by atoms with Crippen LogP contribution in [0.1, 0.15) is 26.7 Å². The fourth-order valence-corrected chi connectivity index (χ4v) is 2.17. The molecule has 1 N–H and O–H groups in total. The zero-order chi connectivity index (χ0) is 12.4. The van der Waals surface area contributed by atoms with E-state index in [0.717, 1.165) is 25.0 Å². The van der Waals surface area contributed by atoms with Gasteiger partial charge in [-0.1, -0.05) is 5.57 Å². The summed E-state index contributed by atoms with van der Waals surface area (Å²) in [5.41, 5.74) is 1.68. The van der Waals surface area contributed by atoms with Crippen LogP contribution in [0, 0.1) is 0 Å². The lowest BCUT2D eigenvalue weighted by Gasteiger charge is -2.17. The third-order valence-corrected chi connectivity index (χ3v) is 3.77. The van der Waals surface area contributed by atoms with Crippen molar-refractivity contribution < 1.29 is 9.90 Å². The zero-order valence-corrected chi connectivity index (χ0v) is 10.8. The molecule has 2 saturated heterocycles. The van der Waals surface area contributed by atoms with E-state index in [9.17, 15) is 4.79 Å². The van der Waals surface area contributed by atoms with Crippen molar-refractivity contribution in [2.75, 3.05) is 32.7 Å². The normalized spacial score (nSPS) is 23.2. The molecule has 0 spiro atoms. The average molecular weight is 238 g/mol. The van der Waals surface area contributed by atoms with Crippen LogP contribution in [0.3, 0.4) is 0 Å². The van der Waals surface area contributed by atoms with E-state index in [2.05, 4.69) is 16.7 Å². The maximum Gasteiger partial charge on any atom is 0.331 e. The molecule has 0 aromatic rings. The third-order valence-electron chi connectivity index (χ3n) is 3.77. The second-order valence-corrected chi connectivity index (χ2v) is 5.21. The van der Waals surface area contributed by atoms with E-state index in [-0.39, 0.29) is 0 Å². The lowest BCUT2D eigenvalue weighted by atomic mass is 9.99. The average Bonchev–Trinajstić information content (AvgIpc) is 3.16. The van der Waals surface area contributed by atoms with Crippen LogP contribution >= 0.6 is 0 Å². The van der Waals surface area contributed by atoms with Gasteiger partial charge in [-0.25, -0.2) is 4.79 Å². The van der Waals surface area contributed by atoms with Gasteiger partial charge in [-0.3, -0.25) is 4.90 Å². The summed E-state index contributed by atoms with van der Waals surface area (Å²) in [4.78, 5) is 15.8. The van der Waals surface area contributed by atoms with Gasteiger partial charge in [0.05, 0.1) is 0 Å². The minimum atomic E-state index is -0.760. The summed E-state index contributed by atoms with van der Waals surface area (Å²) in [6.45, 7) is 9.67. The lowest BCUT2D eigenvalue weighted by Crippen LogP contribution is -2.17. The highest BCUT2D eigenvalue weighted by molar-refractivity contribution is 5.86. The second kappa shape index (κ2) is 5.19. The SMILES string of the molecule is CC(C(=O)O)=C(CCN1CC1)CC(C)N1CC1. The maximum atomic E-state index is 11.1. The van der Waals surface area contributed by atoms with E-state index in [1.54, 1.807) is 6.92 Å². The number of carboxylic acid groups (broad SMARTS) is 1. The molecule has 17 heavy (non-hydrogen) atoms. The van der Waals surface area contributed by atoms with Gasteiger partial charge in [0.2, 0.25) is 0 Å². The quantitative estimate of drug-likeness (QED) is 0.534. The minimum absolute atomic E-state index is 0.494. The fourth-order valence-electron chi connectivity index (χ4n) is 2.17. The molecule has 0 saturated carbocycles. The number of carboxylic acids is 1. The maximum absolute atomic E-state index is 11.1. The molecule has 4 heteroatoms. The van der Waals surface area contributed by atoms with E-state index in [0.29, 0.717) is 11.6 Å². The molecule has 4 nitrogen and oxygen atoms in total. The summed E-state index contributed by atoms with van der Waals surface area (Å²) in [5.74, 6) is -0.760. The topological polar surface area (TPSA) is 43.3 Å². The molecule has 0 aromatic carbocycles. The predicted molar refractivity (Wildman–Crippen MR) is 67.0 cm³/mol. The van der Waals surface area contributed by atoms with Crippen molar-refractivity contribution in [3.8, 4) is 0 Å². The first-order chi connectivity index (χ1) is 8.08. The van der Waals surface area contributed by atoms with Crippen LogP contribution < -0.4 is 0 Å². The lowest BCUT2D eigenvalue weighted by molar-refractivity contribution is -0.132. The van der Waals surface area contributed by atoms with Crippen molar-refractivity contribution in [1.29, 1.82) is 0 Å². The van der Waals surface area contributed by atoms with Gasteiger partial charge in [0.25, 0.3) is 0 Å². The summed E-state index contributed by atoms with van der Waals surface area (Å²) >= 11 is 0. The molecule has 0 aromatic heterocycles. The summed E-state index contributed by atoms with van der Waals surface area (Å²) < 4.78 is 0. The molecule has 2 fully saturated rings. The fraction of sp³-hybridized carbons (Fsp3) is 0.769. The molecule has 1 atom stereocenters. The molecule has 2 heterocycles. The Labute approximate surface area is 103 Å². The first-order valence-electron chi connectivity index (χ1n) is 6.46. The molecule has 1 unspecified atom stereocenters. The molecule has 0 radical (unpaired) electrons. The van der Waals surface area contributed by atoms with Gasteiger partial charge in [-0.2, -0.15) is 0 Å². The van der Waals surface area contributed by atoms with E-state index in [1.165, 1.54) is 26.2 Å². The molecule has 0 bridgehead atoms. The molecular weight excluding hydrogens is 216 g/mol. The highest BCUT2D eigenvalue weighted by Crippen LogP contribution is 2.23. The van der Waals surface area contributed by atoms with Crippen LogP contribution in [-0.2, 0) is 4.79 Å². The Balaban J connectivity index is 1.93. The number of hydrogen-bond donors (Lipinski definition) is 1. The Morgan fingerprint density at radius 3 is 2.41 bits per heavy atom. The van der Waals surface area contributed by atoms with Gasteiger partial charge >= 0.3 is 5.97 Å². The second-order valence-electron chi connectivity index (χ2n) is 5.21. The molecular formula is C13H22N2O2. The monoisotopic (exact) mass is 238 g/mol. The van der Waals surface area contributed by atoms with Gasteiger partial charge in [0, 0.05) is 44.3 Å². The van der Waals surface area contributed by atoms with Gasteiger partial charge < -0.3 is 10.0 Å². The summed E-state index contributed by atoms with van der Waals surface area (Å²) in [5, 5.41) is 9.12. The summed E-state index contributed by atoms with van der Waals surface area (Å²) in [6, 6.07) is 0.494. The van der Waals surface area contributed by atoms with E-state index < -0.39 is 5.97 Å². The van der Waals surface area contributed by atoms with Crippen LogP contribution in [0.25, 0.3) is 0 Å². The Hall–Kier alpha value is -0.870. The summed E-state index contributed by atoms with van der Waals surface area (Å²) in [6.07, 6.45) is 1.82. The van der Waals surface area contributed by atoms with E-state index >= 15 is 0 Å². The van der Waals surface area contributed by atoms with E-state index in [1.807, 2.05) is 0 Å². The first-order valence-corrected chi connectivity index (χ1v) is 6.46. The van der Waals surface area contributed by atoms with E-state index in [4.69, 9.17) is 5.11 Å². The van der Waals surface area contributed by atoms with Gasteiger partial charge in [0.15, 0.2) is 0 Å². The first kappa shape index (κ1) is 12.6. The van der Waals surface area contributed by atoms with Crippen molar-refractivity contribution in [2.24, 2.45) is 0 Å². The largest absolute Gasteiger partial charge is 0.478 e. The Bertz CT molecular complexity index is 330. The van der Waals surface area contributed by atoms with Crippen molar-refractivity contribution >= 4 is 5.97 Å². The molecule has 2 aliphatic rings. The Kier molecular flexibility index (Phi) is 3.84. The number of carbonyl (C=O) groups is 1.